The Kier molecular flexibility index (Phi) is 6.25. The molecular formula is C18H20F5N5O2. The quantitative estimate of drug-likeness (QED) is 0.626. The minimum Gasteiger partial charge on any atom is -0.354 e. The number of benzene rings is 1. The lowest BCUT2D eigenvalue weighted by Crippen LogP contribution is -2.50. The number of H-pyrrole nitrogens is 1. The van der Waals surface area contributed by atoms with Crippen LogP contribution in [0.25, 0.3) is 10.9 Å². The fourth-order valence-electron chi connectivity index (χ4n) is 3.50. The van der Waals surface area contributed by atoms with Gasteiger partial charge in [0.25, 0.3) is 0 Å². The van der Waals surface area contributed by atoms with Crippen molar-refractivity contribution in [2.24, 2.45) is 5.73 Å². The Morgan fingerprint density at radius 3 is 2.77 bits per heavy atom. The fourth-order valence-corrected chi connectivity index (χ4v) is 3.50. The first-order valence-electron chi connectivity index (χ1n) is 9.27. The first-order valence-corrected chi connectivity index (χ1v) is 9.27. The molecule has 1 fully saturated rings. The molecule has 2 amide bonds. The smallest absolute Gasteiger partial charge is 0.354 e. The number of amides is 2. The highest BCUT2D eigenvalue weighted by atomic mass is 19.4. The monoisotopic (exact) mass is 433 g/mol. The molecule has 0 aliphatic carbocycles. The minimum absolute atomic E-state index is 0.0114. The number of carbonyl (C=O) groups excluding carboxylic acids is 2. The largest absolute Gasteiger partial charge is 0.391 e. The molecule has 3 rings (SSSR count). The number of hydrogen-bond donors (Lipinski definition) is 3. The number of halogens is 5. The topological polar surface area (TPSA) is 104 Å². The normalized spacial score (nSPS) is 18.9. The van der Waals surface area contributed by atoms with Gasteiger partial charge in [-0.15, -0.1) is 0 Å². The third kappa shape index (κ3) is 4.86. The van der Waals surface area contributed by atoms with E-state index in [2.05, 4.69) is 15.5 Å². The standard InChI is InChI=1S/C18H20F5N5O2/c19-11-3-2-10-12(26-27-16(10)15(11)20)6-9(24)7-14(29)28-5-1-4-25-17(30)13(28)8-18(21,22)23/h2-3,9,13H,1,4-8,24H2,(H,25,30)(H,26,27). The highest BCUT2D eigenvalue weighted by Crippen LogP contribution is 2.26. The lowest BCUT2D eigenvalue weighted by molar-refractivity contribution is -0.161. The first-order chi connectivity index (χ1) is 14.1. The molecule has 12 heteroatoms. The van der Waals surface area contributed by atoms with E-state index in [0.717, 1.165) is 11.0 Å². The summed E-state index contributed by atoms with van der Waals surface area (Å²) in [5.74, 6) is -3.72. The van der Waals surface area contributed by atoms with E-state index in [1.54, 1.807) is 0 Å². The number of nitrogens with one attached hydrogen (secondary N) is 2. The van der Waals surface area contributed by atoms with Crippen molar-refractivity contribution in [3.63, 3.8) is 0 Å². The molecule has 1 aromatic heterocycles. The Labute approximate surface area is 167 Å². The number of fused-ring (bicyclic) bond motifs is 1. The molecule has 2 aromatic rings. The molecule has 2 unspecified atom stereocenters. The summed E-state index contributed by atoms with van der Waals surface area (Å²) in [4.78, 5) is 25.6. The zero-order valence-corrected chi connectivity index (χ0v) is 15.7. The lowest BCUT2D eigenvalue weighted by Gasteiger charge is -2.30. The van der Waals surface area contributed by atoms with Gasteiger partial charge in [0.05, 0.1) is 6.42 Å². The van der Waals surface area contributed by atoms with Gasteiger partial charge < -0.3 is 16.0 Å². The van der Waals surface area contributed by atoms with Crippen molar-refractivity contribution in [2.45, 2.75) is 43.9 Å². The summed E-state index contributed by atoms with van der Waals surface area (Å²) >= 11 is 0. The molecule has 0 saturated carbocycles. The van der Waals surface area contributed by atoms with E-state index < -0.39 is 48.1 Å². The Balaban J connectivity index is 1.72. The van der Waals surface area contributed by atoms with Gasteiger partial charge in [0, 0.05) is 43.1 Å². The maximum absolute atomic E-state index is 13.8. The molecule has 1 saturated heterocycles. The summed E-state index contributed by atoms with van der Waals surface area (Å²) < 4.78 is 65.8. The summed E-state index contributed by atoms with van der Waals surface area (Å²) in [5, 5.41) is 8.93. The van der Waals surface area contributed by atoms with E-state index in [-0.39, 0.29) is 31.4 Å². The van der Waals surface area contributed by atoms with Crippen LogP contribution in [0, 0.1) is 11.6 Å². The predicted octanol–water partition coefficient (Wildman–Crippen LogP) is 1.77. The van der Waals surface area contributed by atoms with E-state index in [0.29, 0.717) is 17.5 Å². The van der Waals surface area contributed by atoms with Crippen LogP contribution in [-0.4, -0.2) is 58.3 Å². The number of hydrogen-bond acceptors (Lipinski definition) is 4. The molecule has 2 atom stereocenters. The number of nitrogens with zero attached hydrogens (tertiary/aromatic N) is 2. The summed E-state index contributed by atoms with van der Waals surface area (Å²) in [6.07, 6.45) is -6.06. The number of nitrogens with two attached hydrogens (primary N) is 1. The summed E-state index contributed by atoms with van der Waals surface area (Å²) in [6, 6.07) is -0.241. The second-order valence-corrected chi connectivity index (χ2v) is 7.19. The highest BCUT2D eigenvalue weighted by molar-refractivity contribution is 5.88. The number of carbonyl (C=O) groups is 2. The summed E-state index contributed by atoms with van der Waals surface area (Å²) in [7, 11) is 0. The average molecular weight is 433 g/mol. The third-order valence-electron chi connectivity index (χ3n) is 4.90. The van der Waals surface area contributed by atoms with Crippen LogP contribution in [0.5, 0.6) is 0 Å². The molecule has 30 heavy (non-hydrogen) atoms. The van der Waals surface area contributed by atoms with Crippen molar-refractivity contribution in [1.82, 2.24) is 20.4 Å². The van der Waals surface area contributed by atoms with Gasteiger partial charge in [0.2, 0.25) is 11.8 Å². The molecule has 4 N–H and O–H groups in total. The van der Waals surface area contributed by atoms with Gasteiger partial charge in [-0.05, 0) is 18.6 Å². The maximum atomic E-state index is 13.8. The van der Waals surface area contributed by atoms with Crippen LogP contribution in [0.1, 0.15) is 25.0 Å². The van der Waals surface area contributed by atoms with Crippen LogP contribution in [0.3, 0.4) is 0 Å². The van der Waals surface area contributed by atoms with Gasteiger partial charge >= 0.3 is 6.18 Å². The fraction of sp³-hybridized carbons (Fsp3) is 0.500. The second kappa shape index (κ2) is 8.54. The average Bonchev–Trinajstić information content (AvgIpc) is 2.96. The van der Waals surface area contributed by atoms with E-state index in [1.807, 2.05) is 0 Å². The second-order valence-electron chi connectivity index (χ2n) is 7.19. The van der Waals surface area contributed by atoms with Gasteiger partial charge in [-0.1, -0.05) is 0 Å². The Bertz CT molecular complexity index is 945. The number of rotatable bonds is 5. The summed E-state index contributed by atoms with van der Waals surface area (Å²) in [6.45, 7) is 0.161. The van der Waals surface area contributed by atoms with Crippen molar-refractivity contribution in [3.05, 3.63) is 29.5 Å². The number of aromatic nitrogens is 2. The van der Waals surface area contributed by atoms with E-state index >= 15 is 0 Å². The van der Waals surface area contributed by atoms with Crippen LogP contribution in [0.4, 0.5) is 22.0 Å². The van der Waals surface area contributed by atoms with E-state index in [9.17, 15) is 31.5 Å². The van der Waals surface area contributed by atoms with Crippen LogP contribution in [0.2, 0.25) is 0 Å². The van der Waals surface area contributed by atoms with E-state index in [4.69, 9.17) is 5.73 Å². The van der Waals surface area contributed by atoms with Crippen LogP contribution < -0.4 is 11.1 Å². The predicted molar refractivity (Wildman–Crippen MR) is 96.1 cm³/mol. The van der Waals surface area contributed by atoms with Gasteiger partial charge in [-0.25, -0.2) is 8.78 Å². The van der Waals surface area contributed by atoms with Crippen LogP contribution in [-0.2, 0) is 16.0 Å². The SMILES string of the molecule is NC(CC(=O)N1CCCNC(=O)C1CC(F)(F)F)Cc1[nH]nc2c(F)c(F)ccc12. The summed E-state index contributed by atoms with van der Waals surface area (Å²) in [5.41, 5.74) is 6.15. The van der Waals surface area contributed by atoms with Crippen molar-refractivity contribution in [2.75, 3.05) is 13.1 Å². The van der Waals surface area contributed by atoms with Crippen molar-refractivity contribution in [1.29, 1.82) is 0 Å². The van der Waals surface area contributed by atoms with Crippen molar-refractivity contribution >= 4 is 22.7 Å². The van der Waals surface area contributed by atoms with Crippen molar-refractivity contribution < 1.29 is 31.5 Å². The highest BCUT2D eigenvalue weighted by Gasteiger charge is 2.41. The number of aromatic amines is 1. The molecule has 0 bridgehead atoms. The minimum atomic E-state index is -4.62. The molecule has 1 aliphatic heterocycles. The first kappa shape index (κ1) is 21.9. The van der Waals surface area contributed by atoms with E-state index in [1.165, 1.54) is 6.07 Å². The zero-order valence-electron chi connectivity index (χ0n) is 15.7. The zero-order chi connectivity index (χ0) is 22.1. The third-order valence-corrected chi connectivity index (χ3v) is 4.90. The van der Waals surface area contributed by atoms with Gasteiger partial charge in [0.1, 0.15) is 11.6 Å². The Morgan fingerprint density at radius 2 is 2.07 bits per heavy atom. The molecule has 1 aliphatic rings. The molecule has 164 valence electrons. The van der Waals surface area contributed by atoms with Crippen LogP contribution in [0.15, 0.2) is 12.1 Å². The number of alkyl halides is 3. The van der Waals surface area contributed by atoms with Gasteiger partial charge in [-0.3, -0.25) is 14.7 Å². The van der Waals surface area contributed by atoms with Crippen LogP contribution >= 0.6 is 0 Å². The maximum Gasteiger partial charge on any atom is 0.391 e. The molecule has 7 nitrogen and oxygen atoms in total. The van der Waals surface area contributed by atoms with Crippen molar-refractivity contribution in [3.8, 4) is 0 Å². The Morgan fingerprint density at radius 1 is 1.33 bits per heavy atom. The molecular weight excluding hydrogens is 413 g/mol. The van der Waals surface area contributed by atoms with Gasteiger partial charge in [-0.2, -0.15) is 18.3 Å². The Hall–Kier alpha value is -2.76. The molecule has 0 radical (unpaired) electrons. The molecule has 0 spiro atoms. The lowest BCUT2D eigenvalue weighted by atomic mass is 10.0. The van der Waals surface area contributed by atoms with Gasteiger partial charge in [0.15, 0.2) is 11.6 Å². The molecule has 1 aromatic carbocycles. The molecule has 2 heterocycles.